The third-order valence-corrected chi connectivity index (χ3v) is 3.60. The van der Waals surface area contributed by atoms with Gasteiger partial charge in [-0.2, -0.15) is 13.2 Å². The lowest BCUT2D eigenvalue weighted by Crippen LogP contribution is -2.49. The van der Waals surface area contributed by atoms with Gasteiger partial charge in [0.15, 0.2) is 0 Å². The number of nitrogens with zero attached hydrogens (tertiary/aromatic N) is 2. The van der Waals surface area contributed by atoms with E-state index in [9.17, 15) is 18.0 Å². The Kier molecular flexibility index (Phi) is 2.93. The van der Waals surface area contributed by atoms with E-state index in [-0.39, 0.29) is 30.1 Å². The van der Waals surface area contributed by atoms with Crippen molar-refractivity contribution >= 4 is 11.7 Å². The van der Waals surface area contributed by atoms with Crippen molar-refractivity contribution in [2.24, 2.45) is 0 Å². The van der Waals surface area contributed by atoms with Gasteiger partial charge in [-0.15, -0.1) is 0 Å². The van der Waals surface area contributed by atoms with Gasteiger partial charge in [-0.25, -0.2) is 4.79 Å². The zero-order chi connectivity index (χ0) is 14.5. The van der Waals surface area contributed by atoms with Crippen LogP contribution < -0.4 is 10.2 Å². The fourth-order valence-electron chi connectivity index (χ4n) is 2.73. The molecule has 0 aliphatic carbocycles. The van der Waals surface area contributed by atoms with Gasteiger partial charge in [0.2, 0.25) is 5.76 Å². The number of carbonyl (C=O) groups excluding carboxylic acids is 1. The quantitative estimate of drug-likeness (QED) is 0.858. The molecule has 2 fully saturated rings. The summed E-state index contributed by atoms with van der Waals surface area (Å²) in [7, 11) is 0. The van der Waals surface area contributed by atoms with Gasteiger partial charge in [-0.05, 0) is 6.92 Å². The highest BCUT2D eigenvalue weighted by atomic mass is 19.4. The lowest BCUT2D eigenvalue weighted by molar-refractivity contribution is -0.152. The molecule has 0 bridgehead atoms. The van der Waals surface area contributed by atoms with Gasteiger partial charge in [0.05, 0.1) is 11.7 Å². The Morgan fingerprint density at radius 2 is 2.20 bits per heavy atom. The van der Waals surface area contributed by atoms with E-state index in [0.717, 1.165) is 4.90 Å². The Labute approximate surface area is 113 Å². The van der Waals surface area contributed by atoms with Crippen LogP contribution in [0.4, 0.5) is 23.7 Å². The van der Waals surface area contributed by atoms with Crippen LogP contribution in [0.5, 0.6) is 0 Å². The molecular weight excluding hydrogens is 275 g/mol. The largest absolute Gasteiger partial charge is 0.455 e. The fraction of sp³-hybridized carbons (Fsp3) is 0.583. The second-order valence-electron chi connectivity index (χ2n) is 5.01. The molecule has 110 valence electrons. The first-order chi connectivity index (χ1) is 9.38. The standard InChI is InChI=1S/C12H14F3N3O2/c1-7-4-9(10(20-7)12(13,14)15)18-6-8-5-16-2-3-17(8)11(18)19/h4,8,16H,2-3,5-6H2,1H3. The Morgan fingerprint density at radius 1 is 1.45 bits per heavy atom. The molecule has 20 heavy (non-hydrogen) atoms. The van der Waals surface area contributed by atoms with Gasteiger partial charge < -0.3 is 14.6 Å². The lowest BCUT2D eigenvalue weighted by Gasteiger charge is -2.28. The van der Waals surface area contributed by atoms with Gasteiger partial charge in [0.1, 0.15) is 5.76 Å². The molecular formula is C12H14F3N3O2. The van der Waals surface area contributed by atoms with Gasteiger partial charge in [0.25, 0.3) is 0 Å². The third-order valence-electron chi connectivity index (χ3n) is 3.60. The number of furan rings is 1. The van der Waals surface area contributed by atoms with Crippen molar-refractivity contribution in [3.63, 3.8) is 0 Å². The van der Waals surface area contributed by atoms with Crippen molar-refractivity contribution in [1.29, 1.82) is 0 Å². The second-order valence-corrected chi connectivity index (χ2v) is 5.01. The fourth-order valence-corrected chi connectivity index (χ4v) is 2.73. The molecule has 1 unspecified atom stereocenters. The Balaban J connectivity index is 1.96. The van der Waals surface area contributed by atoms with Crippen LogP contribution >= 0.6 is 0 Å². The minimum Gasteiger partial charge on any atom is -0.455 e. The van der Waals surface area contributed by atoms with E-state index in [0.29, 0.717) is 19.6 Å². The van der Waals surface area contributed by atoms with Crippen LogP contribution in [-0.4, -0.2) is 43.2 Å². The number of aryl methyl sites for hydroxylation is 1. The topological polar surface area (TPSA) is 48.7 Å². The Bertz CT molecular complexity index is 541. The average molecular weight is 289 g/mol. The normalized spacial score (nSPS) is 23.4. The maximum absolute atomic E-state index is 13.0. The SMILES string of the molecule is Cc1cc(N2CC3CNCCN3C2=O)c(C(F)(F)F)o1. The van der Waals surface area contributed by atoms with Crippen molar-refractivity contribution in [3.05, 3.63) is 17.6 Å². The predicted molar refractivity (Wildman–Crippen MR) is 64.6 cm³/mol. The number of hydrogen-bond donors (Lipinski definition) is 1. The number of fused-ring (bicyclic) bond motifs is 1. The van der Waals surface area contributed by atoms with E-state index in [1.165, 1.54) is 13.0 Å². The summed E-state index contributed by atoms with van der Waals surface area (Å²) in [5, 5.41) is 3.13. The molecule has 0 radical (unpaired) electrons. The summed E-state index contributed by atoms with van der Waals surface area (Å²) in [6.07, 6.45) is -4.61. The minimum atomic E-state index is -4.61. The number of amides is 2. The molecule has 8 heteroatoms. The molecule has 0 saturated carbocycles. The molecule has 3 rings (SSSR count). The first kappa shape index (κ1) is 13.3. The van der Waals surface area contributed by atoms with Crippen molar-refractivity contribution in [2.45, 2.75) is 19.1 Å². The van der Waals surface area contributed by atoms with Crippen LogP contribution in [0.15, 0.2) is 10.5 Å². The van der Waals surface area contributed by atoms with Crippen LogP contribution in [-0.2, 0) is 6.18 Å². The molecule has 5 nitrogen and oxygen atoms in total. The van der Waals surface area contributed by atoms with E-state index in [2.05, 4.69) is 5.32 Å². The number of rotatable bonds is 1. The maximum Gasteiger partial charge on any atom is 0.451 e. The summed E-state index contributed by atoms with van der Waals surface area (Å²) in [6, 6.07) is 0.794. The number of piperazine rings is 1. The molecule has 2 aliphatic rings. The number of hydrogen-bond acceptors (Lipinski definition) is 3. The zero-order valence-electron chi connectivity index (χ0n) is 10.8. The van der Waals surface area contributed by atoms with Crippen molar-refractivity contribution in [3.8, 4) is 0 Å². The first-order valence-corrected chi connectivity index (χ1v) is 6.34. The average Bonchev–Trinajstić information content (AvgIpc) is 2.91. The maximum atomic E-state index is 13.0. The number of nitrogens with one attached hydrogen (secondary N) is 1. The zero-order valence-corrected chi connectivity index (χ0v) is 10.8. The lowest BCUT2D eigenvalue weighted by atomic mass is 10.2. The third kappa shape index (κ3) is 2.04. The molecule has 2 amide bonds. The van der Waals surface area contributed by atoms with Gasteiger partial charge in [-0.3, -0.25) is 4.90 Å². The van der Waals surface area contributed by atoms with Crippen LogP contribution in [0, 0.1) is 6.92 Å². The number of anilines is 1. The van der Waals surface area contributed by atoms with Crippen molar-refractivity contribution < 1.29 is 22.4 Å². The van der Waals surface area contributed by atoms with Crippen molar-refractivity contribution in [1.82, 2.24) is 10.2 Å². The summed E-state index contributed by atoms with van der Waals surface area (Å²) in [5.74, 6) is -0.959. The highest BCUT2D eigenvalue weighted by Crippen LogP contribution is 2.40. The molecule has 1 aromatic heterocycles. The second kappa shape index (κ2) is 4.41. The van der Waals surface area contributed by atoms with Gasteiger partial charge in [-0.1, -0.05) is 0 Å². The molecule has 1 aromatic rings. The summed E-state index contributed by atoms with van der Waals surface area (Å²) in [4.78, 5) is 15.0. The van der Waals surface area contributed by atoms with E-state index < -0.39 is 11.9 Å². The summed E-state index contributed by atoms with van der Waals surface area (Å²) in [5.41, 5.74) is -0.186. The highest BCUT2D eigenvalue weighted by molar-refractivity contribution is 5.95. The molecule has 2 aliphatic heterocycles. The van der Waals surface area contributed by atoms with Gasteiger partial charge in [0, 0.05) is 32.2 Å². The summed E-state index contributed by atoms with van der Waals surface area (Å²) < 4.78 is 43.6. The Morgan fingerprint density at radius 3 is 2.85 bits per heavy atom. The summed E-state index contributed by atoms with van der Waals surface area (Å²) >= 11 is 0. The first-order valence-electron chi connectivity index (χ1n) is 6.34. The number of carbonyl (C=O) groups is 1. The van der Waals surface area contributed by atoms with Crippen LogP contribution in [0.1, 0.15) is 11.5 Å². The molecule has 3 heterocycles. The highest BCUT2D eigenvalue weighted by Gasteiger charge is 2.45. The smallest absolute Gasteiger partial charge is 0.451 e. The predicted octanol–water partition coefficient (Wildman–Crippen LogP) is 1.82. The van der Waals surface area contributed by atoms with E-state index >= 15 is 0 Å². The van der Waals surface area contributed by atoms with Crippen LogP contribution in [0.25, 0.3) is 0 Å². The number of alkyl halides is 3. The van der Waals surface area contributed by atoms with E-state index in [4.69, 9.17) is 4.42 Å². The van der Waals surface area contributed by atoms with Crippen molar-refractivity contribution in [2.75, 3.05) is 31.1 Å². The molecule has 2 saturated heterocycles. The monoisotopic (exact) mass is 289 g/mol. The molecule has 0 aromatic carbocycles. The number of urea groups is 1. The molecule has 0 spiro atoms. The minimum absolute atomic E-state index is 0.0902. The summed E-state index contributed by atoms with van der Waals surface area (Å²) in [6.45, 7) is 3.45. The van der Waals surface area contributed by atoms with E-state index in [1.54, 1.807) is 4.90 Å². The van der Waals surface area contributed by atoms with E-state index in [1.807, 2.05) is 0 Å². The molecule has 1 N–H and O–H groups in total. The Hall–Kier alpha value is -1.70. The van der Waals surface area contributed by atoms with Crippen LogP contribution in [0.3, 0.4) is 0 Å². The number of halogens is 3. The van der Waals surface area contributed by atoms with Gasteiger partial charge >= 0.3 is 12.2 Å². The molecule has 1 atom stereocenters. The van der Waals surface area contributed by atoms with Crippen LogP contribution in [0.2, 0.25) is 0 Å².